The van der Waals surface area contributed by atoms with Crippen LogP contribution in [0.2, 0.25) is 0 Å². The Kier molecular flexibility index (Phi) is 4.81. The number of amides is 1. The normalized spacial score (nSPS) is 21.4. The van der Waals surface area contributed by atoms with Gasteiger partial charge in [-0.1, -0.05) is 12.1 Å². The van der Waals surface area contributed by atoms with Gasteiger partial charge in [-0.2, -0.15) is 0 Å². The fourth-order valence-electron chi connectivity index (χ4n) is 3.31. The van der Waals surface area contributed by atoms with Crippen LogP contribution in [-0.4, -0.2) is 66.2 Å². The summed E-state index contributed by atoms with van der Waals surface area (Å²) < 4.78 is 16.7. The highest BCUT2D eigenvalue weighted by molar-refractivity contribution is 5.82. The minimum absolute atomic E-state index is 0.0502. The lowest BCUT2D eigenvalue weighted by Crippen LogP contribution is -2.54. The van der Waals surface area contributed by atoms with Gasteiger partial charge in [0, 0.05) is 32.7 Å². The molecule has 1 amide bonds. The van der Waals surface area contributed by atoms with Crippen LogP contribution in [0.4, 0.5) is 0 Å². The highest BCUT2D eigenvalue weighted by atomic mass is 16.6. The maximum atomic E-state index is 12.7. The van der Waals surface area contributed by atoms with Gasteiger partial charge in [0.15, 0.2) is 11.5 Å². The second-order valence-electron chi connectivity index (χ2n) is 6.52. The smallest absolute Gasteiger partial charge is 0.267 e. The van der Waals surface area contributed by atoms with Crippen LogP contribution in [0.3, 0.4) is 0 Å². The number of fused-ring (bicyclic) bond motifs is 1. The Morgan fingerprint density at radius 1 is 1.12 bits per heavy atom. The van der Waals surface area contributed by atoms with E-state index in [1.54, 1.807) is 23.3 Å². The van der Waals surface area contributed by atoms with Crippen LogP contribution in [0.25, 0.3) is 0 Å². The summed E-state index contributed by atoms with van der Waals surface area (Å²) in [5, 5.41) is 10.2. The van der Waals surface area contributed by atoms with Gasteiger partial charge in [0.1, 0.15) is 18.5 Å². The fraction of sp³-hybridized carbons (Fsp3) is 0.421. The van der Waals surface area contributed by atoms with Crippen LogP contribution in [-0.2, 0) is 4.79 Å². The Morgan fingerprint density at radius 2 is 1.88 bits per heavy atom. The minimum atomic E-state index is -0.654. The Balaban J connectivity index is 1.29. The highest BCUT2D eigenvalue weighted by Crippen LogP contribution is 2.31. The van der Waals surface area contributed by atoms with Gasteiger partial charge >= 0.3 is 0 Å². The van der Waals surface area contributed by atoms with E-state index >= 15 is 0 Å². The molecule has 0 aliphatic carbocycles. The first-order valence-electron chi connectivity index (χ1n) is 8.82. The van der Waals surface area contributed by atoms with Gasteiger partial charge in [0.25, 0.3) is 5.91 Å². The lowest BCUT2D eigenvalue weighted by atomic mass is 10.2. The van der Waals surface area contributed by atoms with E-state index < -0.39 is 12.2 Å². The number of benzene rings is 1. The molecular formula is C19H22N2O5. The van der Waals surface area contributed by atoms with Crippen molar-refractivity contribution in [3.8, 4) is 11.5 Å². The predicted molar refractivity (Wildman–Crippen MR) is 93.0 cm³/mol. The number of aliphatic hydroxyl groups is 1. The molecule has 0 radical (unpaired) electrons. The van der Waals surface area contributed by atoms with E-state index in [4.69, 9.17) is 13.9 Å². The molecule has 2 aliphatic heterocycles. The van der Waals surface area contributed by atoms with Gasteiger partial charge in [0.2, 0.25) is 6.10 Å². The van der Waals surface area contributed by atoms with Gasteiger partial charge in [-0.3, -0.25) is 9.69 Å². The molecule has 0 bridgehead atoms. The van der Waals surface area contributed by atoms with Crippen molar-refractivity contribution in [2.45, 2.75) is 12.2 Å². The van der Waals surface area contributed by atoms with Crippen molar-refractivity contribution in [3.05, 3.63) is 48.4 Å². The molecule has 3 heterocycles. The first-order valence-corrected chi connectivity index (χ1v) is 8.82. The number of hydrogen-bond acceptors (Lipinski definition) is 6. The summed E-state index contributed by atoms with van der Waals surface area (Å²) in [4.78, 5) is 16.6. The zero-order valence-corrected chi connectivity index (χ0v) is 14.4. The Labute approximate surface area is 151 Å². The van der Waals surface area contributed by atoms with Gasteiger partial charge in [0.05, 0.1) is 6.26 Å². The number of hydrogen-bond donors (Lipinski definition) is 1. The van der Waals surface area contributed by atoms with Crippen molar-refractivity contribution in [2.75, 3.05) is 39.3 Å². The number of ether oxygens (including phenoxy) is 2. The van der Waals surface area contributed by atoms with Crippen molar-refractivity contribution in [1.82, 2.24) is 9.80 Å². The van der Waals surface area contributed by atoms with E-state index in [9.17, 15) is 9.90 Å². The van der Waals surface area contributed by atoms with Crippen LogP contribution in [0.1, 0.15) is 11.9 Å². The first-order chi connectivity index (χ1) is 12.7. The zero-order valence-electron chi connectivity index (χ0n) is 14.4. The molecule has 7 nitrogen and oxygen atoms in total. The number of nitrogens with zero attached hydrogens (tertiary/aromatic N) is 2. The van der Waals surface area contributed by atoms with E-state index in [0.717, 1.165) is 0 Å². The molecule has 26 heavy (non-hydrogen) atoms. The Morgan fingerprint density at radius 3 is 2.62 bits per heavy atom. The molecule has 0 unspecified atom stereocenters. The van der Waals surface area contributed by atoms with Crippen molar-refractivity contribution >= 4 is 5.91 Å². The molecule has 0 spiro atoms. The Bertz CT molecular complexity index is 740. The van der Waals surface area contributed by atoms with Crippen LogP contribution >= 0.6 is 0 Å². The summed E-state index contributed by atoms with van der Waals surface area (Å²) in [6, 6.07) is 10.9. The van der Waals surface area contributed by atoms with E-state index in [1.807, 2.05) is 24.3 Å². The van der Waals surface area contributed by atoms with Gasteiger partial charge < -0.3 is 23.9 Å². The number of rotatable bonds is 4. The van der Waals surface area contributed by atoms with Crippen molar-refractivity contribution in [1.29, 1.82) is 0 Å². The molecule has 1 aromatic carbocycles. The largest absolute Gasteiger partial charge is 0.485 e. The second kappa shape index (κ2) is 7.39. The monoisotopic (exact) mass is 358 g/mol. The van der Waals surface area contributed by atoms with Gasteiger partial charge in [-0.15, -0.1) is 0 Å². The number of aliphatic hydroxyl groups excluding tert-OH is 1. The molecule has 1 fully saturated rings. The molecule has 1 N–H and O–H groups in total. The molecule has 2 atom stereocenters. The molecular weight excluding hydrogens is 336 g/mol. The van der Waals surface area contributed by atoms with E-state index in [-0.39, 0.29) is 12.5 Å². The third-order valence-electron chi connectivity index (χ3n) is 4.77. The molecule has 1 aromatic heterocycles. The van der Waals surface area contributed by atoms with Crippen LogP contribution in [0.15, 0.2) is 47.1 Å². The van der Waals surface area contributed by atoms with E-state index in [2.05, 4.69) is 4.90 Å². The van der Waals surface area contributed by atoms with Crippen LogP contribution in [0.5, 0.6) is 11.5 Å². The lowest BCUT2D eigenvalue weighted by Gasteiger charge is -2.37. The number of carbonyl (C=O) groups is 1. The van der Waals surface area contributed by atoms with Crippen molar-refractivity contribution in [3.63, 3.8) is 0 Å². The lowest BCUT2D eigenvalue weighted by molar-refractivity contribution is -0.143. The molecule has 2 aliphatic rings. The molecule has 2 aromatic rings. The van der Waals surface area contributed by atoms with Gasteiger partial charge in [-0.25, -0.2) is 0 Å². The highest BCUT2D eigenvalue weighted by Gasteiger charge is 2.33. The summed E-state index contributed by atoms with van der Waals surface area (Å²) >= 11 is 0. The summed E-state index contributed by atoms with van der Waals surface area (Å²) in [6.45, 7) is 3.33. The van der Waals surface area contributed by atoms with E-state index in [0.29, 0.717) is 50.0 Å². The molecule has 1 saturated heterocycles. The van der Waals surface area contributed by atoms with Crippen molar-refractivity contribution in [2.24, 2.45) is 0 Å². The molecule has 4 rings (SSSR count). The summed E-state index contributed by atoms with van der Waals surface area (Å²) in [5.41, 5.74) is 0. The average Bonchev–Trinajstić information content (AvgIpc) is 3.23. The van der Waals surface area contributed by atoms with Crippen LogP contribution in [0, 0.1) is 0 Å². The summed E-state index contributed by atoms with van der Waals surface area (Å²) in [6.07, 6.45) is 0.295. The number of furan rings is 1. The third-order valence-corrected chi connectivity index (χ3v) is 4.77. The zero-order chi connectivity index (χ0) is 17.9. The fourth-order valence-corrected chi connectivity index (χ4v) is 3.31. The van der Waals surface area contributed by atoms with Crippen LogP contribution < -0.4 is 9.47 Å². The van der Waals surface area contributed by atoms with Crippen molar-refractivity contribution < 1.29 is 23.8 Å². The average molecular weight is 358 g/mol. The molecule has 138 valence electrons. The number of carbonyl (C=O) groups excluding carboxylic acids is 1. The maximum Gasteiger partial charge on any atom is 0.267 e. The molecule has 7 heteroatoms. The topological polar surface area (TPSA) is 75.4 Å². The SMILES string of the molecule is O=C([C@@H]1COc2ccccc2O1)N1CCN(C[C@@H](O)c2ccco2)CC1. The third kappa shape index (κ3) is 3.54. The number of para-hydroxylation sites is 2. The number of piperazine rings is 1. The quantitative estimate of drug-likeness (QED) is 0.888. The van der Waals surface area contributed by atoms with E-state index in [1.165, 1.54) is 0 Å². The minimum Gasteiger partial charge on any atom is -0.485 e. The second-order valence-corrected chi connectivity index (χ2v) is 6.52. The number of β-amino-alcohol motifs (C(OH)–C–C–N with tert-alkyl or cyclic N) is 1. The van der Waals surface area contributed by atoms with Gasteiger partial charge in [-0.05, 0) is 24.3 Å². The standard InChI is InChI=1S/C19H22N2O5/c22-14(15-6-3-11-24-15)12-20-7-9-21(10-8-20)19(23)18-13-25-16-4-1-2-5-17(16)26-18/h1-6,11,14,18,22H,7-10,12-13H2/t14-,18+/m1/s1. The summed E-state index contributed by atoms with van der Waals surface area (Å²) in [7, 11) is 0. The Hall–Kier alpha value is -2.51. The first kappa shape index (κ1) is 16.9. The molecule has 0 saturated carbocycles. The summed E-state index contributed by atoms with van der Waals surface area (Å²) in [5.74, 6) is 1.80. The maximum absolute atomic E-state index is 12.7. The predicted octanol–water partition coefficient (Wildman–Crippen LogP) is 1.30.